The second-order valence-corrected chi connectivity index (χ2v) is 4.07. The van der Waals surface area contributed by atoms with Crippen LogP contribution in [0.5, 0.6) is 0 Å². The minimum Gasteiger partial charge on any atom is -0.393 e. The van der Waals surface area contributed by atoms with E-state index in [4.69, 9.17) is 4.74 Å². The molecule has 0 amide bonds. The molecular formula is C13H20O2. The number of hydrogen-bond donors (Lipinski definition) is 1. The fraction of sp³-hybridized carbons (Fsp3) is 0.538. The maximum atomic E-state index is 9.85. The number of ether oxygens (including phenoxy) is 1. The normalized spacial score (nSPS) is 14.9. The van der Waals surface area contributed by atoms with Gasteiger partial charge in [-0.1, -0.05) is 24.3 Å². The first-order valence-electron chi connectivity index (χ1n) is 5.39. The van der Waals surface area contributed by atoms with Gasteiger partial charge in [0.2, 0.25) is 0 Å². The summed E-state index contributed by atoms with van der Waals surface area (Å²) in [6.07, 6.45) is 1.19. The molecule has 2 atom stereocenters. The maximum Gasteiger partial charge on any atom is 0.0605 e. The number of aliphatic hydroxyl groups excluding tert-OH is 1. The van der Waals surface area contributed by atoms with Crippen LogP contribution in [0, 0.1) is 6.92 Å². The standard InChI is InChI=1S/C13H20O2/c1-10-6-4-5-7-12(10)9-13(14)8-11(2)15-3/h4-7,11,13-14H,8-9H2,1-3H3. The van der Waals surface area contributed by atoms with E-state index in [9.17, 15) is 5.11 Å². The lowest BCUT2D eigenvalue weighted by molar-refractivity contribution is 0.0565. The summed E-state index contributed by atoms with van der Waals surface area (Å²) in [5.41, 5.74) is 2.45. The molecule has 84 valence electrons. The molecule has 0 heterocycles. The highest BCUT2D eigenvalue weighted by molar-refractivity contribution is 5.26. The van der Waals surface area contributed by atoms with E-state index in [1.54, 1.807) is 7.11 Å². The van der Waals surface area contributed by atoms with Crippen molar-refractivity contribution in [3.05, 3.63) is 35.4 Å². The molecule has 15 heavy (non-hydrogen) atoms. The number of rotatable bonds is 5. The van der Waals surface area contributed by atoms with Crippen LogP contribution in [0.4, 0.5) is 0 Å². The first-order valence-corrected chi connectivity index (χ1v) is 5.39. The van der Waals surface area contributed by atoms with Crippen LogP contribution in [-0.4, -0.2) is 24.4 Å². The highest BCUT2D eigenvalue weighted by Crippen LogP contribution is 2.12. The first kappa shape index (κ1) is 12.2. The number of aryl methyl sites for hydroxylation is 1. The lowest BCUT2D eigenvalue weighted by Gasteiger charge is -2.16. The van der Waals surface area contributed by atoms with Crippen LogP contribution in [0.2, 0.25) is 0 Å². The predicted molar refractivity (Wildman–Crippen MR) is 62.0 cm³/mol. The molecule has 0 spiro atoms. The quantitative estimate of drug-likeness (QED) is 0.804. The third kappa shape index (κ3) is 4.02. The van der Waals surface area contributed by atoms with Crippen molar-refractivity contribution in [2.24, 2.45) is 0 Å². The number of hydrogen-bond acceptors (Lipinski definition) is 2. The summed E-state index contributed by atoms with van der Waals surface area (Å²) in [6, 6.07) is 8.16. The SMILES string of the molecule is COC(C)CC(O)Cc1ccccc1C. The van der Waals surface area contributed by atoms with Crippen molar-refractivity contribution in [3.63, 3.8) is 0 Å². The van der Waals surface area contributed by atoms with E-state index in [-0.39, 0.29) is 12.2 Å². The van der Waals surface area contributed by atoms with Gasteiger partial charge in [0.25, 0.3) is 0 Å². The summed E-state index contributed by atoms with van der Waals surface area (Å²) in [4.78, 5) is 0. The molecule has 2 nitrogen and oxygen atoms in total. The van der Waals surface area contributed by atoms with Gasteiger partial charge in [-0.3, -0.25) is 0 Å². The Hall–Kier alpha value is -0.860. The van der Waals surface area contributed by atoms with E-state index < -0.39 is 0 Å². The topological polar surface area (TPSA) is 29.5 Å². The van der Waals surface area contributed by atoms with Crippen LogP contribution < -0.4 is 0 Å². The Kier molecular flexibility index (Phi) is 4.79. The Bertz CT molecular complexity index is 296. The average Bonchev–Trinajstić information content (AvgIpc) is 2.21. The van der Waals surface area contributed by atoms with Gasteiger partial charge in [0.15, 0.2) is 0 Å². The molecule has 0 saturated carbocycles. The third-order valence-electron chi connectivity index (χ3n) is 2.72. The Labute approximate surface area is 91.9 Å². The zero-order chi connectivity index (χ0) is 11.3. The summed E-state index contributed by atoms with van der Waals surface area (Å²) >= 11 is 0. The molecular weight excluding hydrogens is 188 g/mol. The summed E-state index contributed by atoms with van der Waals surface area (Å²) in [7, 11) is 1.67. The molecule has 0 aliphatic rings. The molecule has 2 heteroatoms. The van der Waals surface area contributed by atoms with Gasteiger partial charge in [-0.15, -0.1) is 0 Å². The van der Waals surface area contributed by atoms with Crippen molar-refractivity contribution in [3.8, 4) is 0 Å². The van der Waals surface area contributed by atoms with E-state index in [1.807, 2.05) is 19.1 Å². The molecule has 0 aliphatic heterocycles. The van der Waals surface area contributed by atoms with Gasteiger partial charge in [-0.2, -0.15) is 0 Å². The van der Waals surface area contributed by atoms with Gasteiger partial charge >= 0.3 is 0 Å². The Morgan fingerprint density at radius 1 is 1.33 bits per heavy atom. The molecule has 1 aromatic carbocycles. The van der Waals surface area contributed by atoms with Crippen molar-refractivity contribution in [1.82, 2.24) is 0 Å². The van der Waals surface area contributed by atoms with Crippen LogP contribution >= 0.6 is 0 Å². The lowest BCUT2D eigenvalue weighted by atomic mass is 10.00. The van der Waals surface area contributed by atoms with E-state index in [2.05, 4.69) is 19.1 Å². The van der Waals surface area contributed by atoms with Crippen molar-refractivity contribution in [1.29, 1.82) is 0 Å². The van der Waals surface area contributed by atoms with Crippen LogP contribution in [0.3, 0.4) is 0 Å². The highest BCUT2D eigenvalue weighted by Gasteiger charge is 2.11. The maximum absolute atomic E-state index is 9.85. The van der Waals surface area contributed by atoms with Gasteiger partial charge in [-0.25, -0.2) is 0 Å². The lowest BCUT2D eigenvalue weighted by Crippen LogP contribution is -2.19. The Morgan fingerprint density at radius 3 is 2.60 bits per heavy atom. The van der Waals surface area contributed by atoms with Gasteiger partial charge in [0.05, 0.1) is 12.2 Å². The summed E-state index contributed by atoms with van der Waals surface area (Å²) < 4.78 is 5.13. The van der Waals surface area contributed by atoms with Crippen molar-refractivity contribution >= 4 is 0 Å². The van der Waals surface area contributed by atoms with Gasteiger partial charge in [-0.05, 0) is 37.8 Å². The van der Waals surface area contributed by atoms with Crippen LogP contribution in [0.15, 0.2) is 24.3 Å². The van der Waals surface area contributed by atoms with Crippen molar-refractivity contribution in [2.45, 2.75) is 38.9 Å². The van der Waals surface area contributed by atoms with Gasteiger partial charge in [0.1, 0.15) is 0 Å². The Morgan fingerprint density at radius 2 is 2.00 bits per heavy atom. The fourth-order valence-corrected chi connectivity index (χ4v) is 1.66. The second-order valence-electron chi connectivity index (χ2n) is 4.07. The molecule has 1 rings (SSSR count). The number of benzene rings is 1. The molecule has 0 radical (unpaired) electrons. The molecule has 1 N–H and O–H groups in total. The molecule has 0 saturated heterocycles. The van der Waals surface area contributed by atoms with E-state index in [0.717, 1.165) is 0 Å². The molecule has 0 fully saturated rings. The van der Waals surface area contributed by atoms with Crippen molar-refractivity contribution < 1.29 is 9.84 Å². The zero-order valence-electron chi connectivity index (χ0n) is 9.73. The molecule has 0 bridgehead atoms. The largest absolute Gasteiger partial charge is 0.393 e. The fourth-order valence-electron chi connectivity index (χ4n) is 1.66. The van der Waals surface area contributed by atoms with Gasteiger partial charge in [0, 0.05) is 7.11 Å². The minimum atomic E-state index is -0.318. The summed E-state index contributed by atoms with van der Waals surface area (Å²) in [5, 5.41) is 9.85. The molecule has 0 aliphatic carbocycles. The number of aliphatic hydroxyl groups is 1. The smallest absolute Gasteiger partial charge is 0.0605 e. The highest BCUT2D eigenvalue weighted by atomic mass is 16.5. The average molecular weight is 208 g/mol. The van der Waals surface area contributed by atoms with Crippen LogP contribution in [0.1, 0.15) is 24.5 Å². The molecule has 1 aromatic rings. The van der Waals surface area contributed by atoms with Crippen LogP contribution in [0.25, 0.3) is 0 Å². The van der Waals surface area contributed by atoms with E-state index in [0.29, 0.717) is 12.8 Å². The number of methoxy groups -OCH3 is 1. The van der Waals surface area contributed by atoms with E-state index in [1.165, 1.54) is 11.1 Å². The van der Waals surface area contributed by atoms with E-state index >= 15 is 0 Å². The predicted octanol–water partition coefficient (Wildman–Crippen LogP) is 2.32. The summed E-state index contributed by atoms with van der Waals surface area (Å²) in [5.74, 6) is 0. The van der Waals surface area contributed by atoms with Crippen molar-refractivity contribution in [2.75, 3.05) is 7.11 Å². The first-order chi connectivity index (χ1) is 7.13. The van der Waals surface area contributed by atoms with Gasteiger partial charge < -0.3 is 9.84 Å². The Balaban J connectivity index is 2.51. The molecule has 0 aromatic heterocycles. The monoisotopic (exact) mass is 208 g/mol. The van der Waals surface area contributed by atoms with Crippen LogP contribution in [-0.2, 0) is 11.2 Å². The molecule has 2 unspecified atom stereocenters. The second kappa shape index (κ2) is 5.89. The minimum absolute atomic E-state index is 0.115. The third-order valence-corrected chi connectivity index (χ3v) is 2.72. The summed E-state index contributed by atoms with van der Waals surface area (Å²) in [6.45, 7) is 4.04. The zero-order valence-corrected chi connectivity index (χ0v) is 9.73.